The predicted molar refractivity (Wildman–Crippen MR) is 107 cm³/mol. The monoisotopic (exact) mass is 425 g/mol. The molecule has 3 aliphatic heterocycles. The molecular weight excluding hydrogens is 397 g/mol. The number of piperazine rings is 1. The number of sulfone groups is 1. The van der Waals surface area contributed by atoms with E-state index in [1.165, 1.54) is 12.1 Å². The summed E-state index contributed by atoms with van der Waals surface area (Å²) in [6, 6.07) is 6.42. The fraction of sp³-hybridized carbons (Fsp3) is 0.650. The van der Waals surface area contributed by atoms with Crippen LogP contribution in [-0.2, 0) is 19.4 Å². The summed E-state index contributed by atoms with van der Waals surface area (Å²) in [7, 11) is -2.89. The van der Waals surface area contributed by atoms with Crippen LogP contribution in [0.2, 0.25) is 0 Å². The van der Waals surface area contributed by atoms with Gasteiger partial charge in [0.25, 0.3) is 0 Å². The molecule has 160 valence electrons. The molecule has 0 saturated carbocycles. The average molecular weight is 426 g/mol. The summed E-state index contributed by atoms with van der Waals surface area (Å²) in [6.45, 7) is 4.93. The topological polar surface area (TPSA) is 70.2 Å². The summed E-state index contributed by atoms with van der Waals surface area (Å²) in [4.78, 5) is 19.0. The Kier molecular flexibility index (Phi) is 6.19. The third-order valence-electron chi connectivity index (χ3n) is 6.14. The number of carbonyl (C=O) groups excluding carboxylic acids is 1. The van der Waals surface area contributed by atoms with Gasteiger partial charge in [-0.05, 0) is 24.1 Å². The normalized spacial score (nSPS) is 28.5. The summed E-state index contributed by atoms with van der Waals surface area (Å²) in [5, 5.41) is 0. The van der Waals surface area contributed by atoms with Crippen molar-refractivity contribution in [2.24, 2.45) is 0 Å². The Morgan fingerprint density at radius 3 is 2.48 bits per heavy atom. The average Bonchev–Trinajstić information content (AvgIpc) is 3.08. The molecule has 2 atom stereocenters. The van der Waals surface area contributed by atoms with Crippen molar-refractivity contribution in [3.8, 4) is 0 Å². The molecule has 3 fully saturated rings. The largest absolute Gasteiger partial charge is 0.371 e. The van der Waals surface area contributed by atoms with Crippen molar-refractivity contribution < 1.29 is 22.3 Å². The quantitative estimate of drug-likeness (QED) is 0.701. The zero-order valence-electron chi connectivity index (χ0n) is 16.5. The van der Waals surface area contributed by atoms with E-state index >= 15 is 0 Å². The number of morpholine rings is 1. The molecule has 1 aromatic carbocycles. The van der Waals surface area contributed by atoms with Crippen LogP contribution in [0.4, 0.5) is 4.39 Å². The van der Waals surface area contributed by atoms with Crippen LogP contribution in [0.5, 0.6) is 0 Å². The minimum Gasteiger partial charge on any atom is -0.371 e. The highest BCUT2D eigenvalue weighted by Gasteiger charge is 2.34. The number of ether oxygens (including phenoxy) is 1. The summed E-state index contributed by atoms with van der Waals surface area (Å²) in [6.07, 6.45) is 0.549. The number of rotatable bonds is 4. The van der Waals surface area contributed by atoms with Gasteiger partial charge in [-0.3, -0.25) is 14.6 Å². The first-order valence-electron chi connectivity index (χ1n) is 10.2. The maximum Gasteiger partial charge on any atom is 0.236 e. The van der Waals surface area contributed by atoms with Gasteiger partial charge >= 0.3 is 0 Å². The molecule has 3 aliphatic rings. The molecule has 29 heavy (non-hydrogen) atoms. The van der Waals surface area contributed by atoms with Crippen molar-refractivity contribution in [2.45, 2.75) is 18.6 Å². The lowest BCUT2D eigenvalue weighted by Gasteiger charge is -2.39. The fourth-order valence-corrected chi connectivity index (χ4v) is 6.18. The van der Waals surface area contributed by atoms with Crippen LogP contribution in [0.3, 0.4) is 0 Å². The van der Waals surface area contributed by atoms with E-state index in [1.807, 2.05) is 4.90 Å². The Balaban J connectivity index is 1.26. The lowest BCUT2D eigenvalue weighted by atomic mass is 10.1. The molecule has 9 heteroatoms. The summed E-state index contributed by atoms with van der Waals surface area (Å²) >= 11 is 0. The zero-order chi connectivity index (χ0) is 20.4. The van der Waals surface area contributed by atoms with Crippen LogP contribution < -0.4 is 0 Å². The molecule has 0 aromatic heterocycles. The van der Waals surface area contributed by atoms with E-state index in [1.54, 1.807) is 12.1 Å². The lowest BCUT2D eigenvalue weighted by Crippen LogP contribution is -2.54. The number of hydrogen-bond donors (Lipinski definition) is 0. The molecule has 0 radical (unpaired) electrons. The van der Waals surface area contributed by atoms with E-state index in [2.05, 4.69) is 9.80 Å². The second-order valence-electron chi connectivity index (χ2n) is 8.12. The van der Waals surface area contributed by atoms with Gasteiger partial charge in [0, 0.05) is 45.3 Å². The van der Waals surface area contributed by atoms with E-state index in [9.17, 15) is 17.6 Å². The van der Waals surface area contributed by atoms with Crippen LogP contribution in [0.25, 0.3) is 0 Å². The Hall–Kier alpha value is -1.55. The maximum atomic E-state index is 13.1. The van der Waals surface area contributed by atoms with Crippen molar-refractivity contribution in [1.29, 1.82) is 0 Å². The highest BCUT2D eigenvalue weighted by molar-refractivity contribution is 7.91. The number of benzene rings is 1. The van der Waals surface area contributed by atoms with Gasteiger partial charge in [-0.25, -0.2) is 12.8 Å². The highest BCUT2D eigenvalue weighted by atomic mass is 32.2. The van der Waals surface area contributed by atoms with Crippen LogP contribution in [0.1, 0.15) is 18.1 Å². The van der Waals surface area contributed by atoms with Crippen molar-refractivity contribution >= 4 is 15.7 Å². The number of carbonyl (C=O) groups is 1. The first kappa shape index (κ1) is 20.7. The van der Waals surface area contributed by atoms with Gasteiger partial charge in [0.1, 0.15) is 5.82 Å². The summed E-state index contributed by atoms with van der Waals surface area (Å²) in [5.41, 5.74) is 0.920. The fourth-order valence-electron chi connectivity index (χ4n) is 4.42. The SMILES string of the molecule is O=C(CN1CCO[C@H](c2ccc(F)cc2)C1)N1CCN([C@@H]2CCS(=O)(=O)C2)CC1. The number of amides is 1. The zero-order valence-corrected chi connectivity index (χ0v) is 17.3. The third-order valence-corrected chi connectivity index (χ3v) is 7.89. The maximum absolute atomic E-state index is 13.1. The van der Waals surface area contributed by atoms with E-state index in [4.69, 9.17) is 4.74 Å². The van der Waals surface area contributed by atoms with Crippen LogP contribution in [0, 0.1) is 5.82 Å². The first-order valence-corrected chi connectivity index (χ1v) is 12.0. The van der Waals surface area contributed by atoms with E-state index in [-0.39, 0.29) is 35.4 Å². The second-order valence-corrected chi connectivity index (χ2v) is 10.3. The van der Waals surface area contributed by atoms with Gasteiger partial charge in [0.05, 0.1) is 30.8 Å². The van der Waals surface area contributed by atoms with Gasteiger partial charge in [-0.2, -0.15) is 0 Å². The van der Waals surface area contributed by atoms with E-state index in [0.29, 0.717) is 45.8 Å². The molecule has 0 aliphatic carbocycles. The minimum atomic E-state index is -2.89. The number of halogens is 1. The number of hydrogen-bond acceptors (Lipinski definition) is 6. The van der Waals surface area contributed by atoms with Gasteiger partial charge in [0.2, 0.25) is 5.91 Å². The molecule has 3 heterocycles. The first-order chi connectivity index (χ1) is 13.9. The van der Waals surface area contributed by atoms with E-state index < -0.39 is 9.84 Å². The molecule has 0 N–H and O–H groups in total. The molecule has 4 rings (SSSR count). The Bertz CT molecular complexity index is 825. The highest BCUT2D eigenvalue weighted by Crippen LogP contribution is 2.23. The second kappa shape index (κ2) is 8.67. The van der Waals surface area contributed by atoms with E-state index in [0.717, 1.165) is 18.7 Å². The smallest absolute Gasteiger partial charge is 0.236 e. The Morgan fingerprint density at radius 2 is 1.83 bits per heavy atom. The predicted octanol–water partition coefficient (Wildman–Crippen LogP) is 0.530. The molecule has 1 aromatic rings. The lowest BCUT2D eigenvalue weighted by molar-refractivity contribution is -0.136. The van der Waals surface area contributed by atoms with Gasteiger partial charge in [-0.1, -0.05) is 12.1 Å². The standard InChI is InChI=1S/C20H28FN3O4S/c21-17-3-1-16(2-4-17)19-13-22(10-11-28-19)14-20(25)24-8-6-23(7-9-24)18-5-12-29(26,27)15-18/h1-4,18-19H,5-15H2/t18-,19+/m1/s1. The molecule has 0 unspecified atom stereocenters. The third kappa shape index (κ3) is 5.14. The molecule has 0 spiro atoms. The Labute approximate surface area is 171 Å². The van der Waals surface area contributed by atoms with Crippen LogP contribution in [-0.4, -0.2) is 99.0 Å². The minimum absolute atomic E-state index is 0.100. The summed E-state index contributed by atoms with van der Waals surface area (Å²) < 4.78 is 42.3. The van der Waals surface area contributed by atoms with Crippen molar-refractivity contribution in [3.63, 3.8) is 0 Å². The van der Waals surface area contributed by atoms with Crippen molar-refractivity contribution in [1.82, 2.24) is 14.7 Å². The molecule has 3 saturated heterocycles. The number of nitrogens with zero attached hydrogens (tertiary/aromatic N) is 3. The Morgan fingerprint density at radius 1 is 1.10 bits per heavy atom. The van der Waals surface area contributed by atoms with Crippen LogP contribution >= 0.6 is 0 Å². The van der Waals surface area contributed by atoms with Gasteiger partial charge in [0.15, 0.2) is 9.84 Å². The van der Waals surface area contributed by atoms with Gasteiger partial charge < -0.3 is 9.64 Å². The van der Waals surface area contributed by atoms with Crippen molar-refractivity contribution in [3.05, 3.63) is 35.6 Å². The molecule has 7 nitrogen and oxygen atoms in total. The molecule has 0 bridgehead atoms. The molecule has 1 amide bonds. The van der Waals surface area contributed by atoms with Crippen molar-refractivity contribution in [2.75, 3.05) is 63.9 Å². The summed E-state index contributed by atoms with van der Waals surface area (Å²) in [5.74, 6) is 0.358. The van der Waals surface area contributed by atoms with Crippen LogP contribution in [0.15, 0.2) is 24.3 Å². The molecular formula is C20H28FN3O4S. The van der Waals surface area contributed by atoms with Gasteiger partial charge in [-0.15, -0.1) is 0 Å².